The van der Waals surface area contributed by atoms with E-state index in [4.69, 9.17) is 17.3 Å². The standard InChI is InChI=1S/C31H42ClN11O4S/c1-40(2)12-8-11-34-27(44)22-13-19(16-41(22)3)36-28(45)23-14-20(17-42(23)4)37-29(46)24-15-21(18-43(24)5)38-30(47)26-25(32)31(48-39-26)35-10-7-6-9-33/h13-18,35H,6-12,33H2,1-5H3,(H,34,44)(H,36,45)(H,37,46)(H,38,47). The molecule has 17 heteroatoms. The van der Waals surface area contributed by atoms with Crippen LogP contribution < -0.4 is 32.3 Å². The summed E-state index contributed by atoms with van der Waals surface area (Å²) in [4.78, 5) is 53.9. The molecule has 15 nitrogen and oxygen atoms in total. The Morgan fingerprint density at radius 3 is 1.77 bits per heavy atom. The van der Waals surface area contributed by atoms with E-state index < -0.39 is 17.7 Å². The lowest BCUT2D eigenvalue weighted by atomic mass is 10.3. The van der Waals surface area contributed by atoms with Crippen LogP contribution in [0.4, 0.5) is 22.1 Å². The number of amides is 4. The number of rotatable bonds is 16. The largest absolute Gasteiger partial charge is 0.374 e. The normalized spacial score (nSPS) is 11.1. The van der Waals surface area contributed by atoms with Crippen LogP contribution in [0.3, 0.4) is 0 Å². The number of nitrogens with zero attached hydrogens (tertiary/aromatic N) is 5. The second kappa shape index (κ2) is 16.5. The molecular weight excluding hydrogens is 658 g/mol. The third-order valence-corrected chi connectivity index (χ3v) is 8.61. The molecular formula is C31H42ClN11O4S. The van der Waals surface area contributed by atoms with Gasteiger partial charge in [0.1, 0.15) is 27.1 Å². The van der Waals surface area contributed by atoms with Crippen LogP contribution in [0.1, 0.15) is 61.2 Å². The first-order valence-electron chi connectivity index (χ1n) is 15.3. The first-order valence-corrected chi connectivity index (χ1v) is 16.5. The quantitative estimate of drug-likeness (QED) is 0.0961. The number of hydrogen-bond acceptors (Lipinski definition) is 9. The van der Waals surface area contributed by atoms with Crippen molar-refractivity contribution in [1.82, 2.24) is 28.3 Å². The summed E-state index contributed by atoms with van der Waals surface area (Å²) in [5, 5.41) is 15.2. The molecule has 4 aromatic rings. The highest BCUT2D eigenvalue weighted by atomic mass is 35.5. The van der Waals surface area contributed by atoms with Gasteiger partial charge in [-0.15, -0.1) is 0 Å². The average molecular weight is 700 g/mol. The lowest BCUT2D eigenvalue weighted by Gasteiger charge is -2.10. The third-order valence-electron chi connectivity index (χ3n) is 7.32. The maximum absolute atomic E-state index is 13.2. The fourth-order valence-corrected chi connectivity index (χ4v) is 5.89. The molecule has 258 valence electrons. The zero-order chi connectivity index (χ0) is 35.0. The summed E-state index contributed by atoms with van der Waals surface area (Å²) in [5.74, 6) is -1.60. The van der Waals surface area contributed by atoms with E-state index in [0.29, 0.717) is 47.4 Å². The molecule has 0 unspecified atom stereocenters. The number of carbonyl (C=O) groups is 4. The van der Waals surface area contributed by atoms with Crippen LogP contribution in [0.5, 0.6) is 0 Å². The minimum absolute atomic E-state index is 0.0820. The van der Waals surface area contributed by atoms with Gasteiger partial charge in [-0.05, 0) is 76.2 Å². The Bertz CT molecular complexity index is 1770. The fourth-order valence-electron chi connectivity index (χ4n) is 4.85. The van der Waals surface area contributed by atoms with Gasteiger partial charge in [-0.2, -0.15) is 4.37 Å². The van der Waals surface area contributed by atoms with Crippen molar-refractivity contribution in [3.05, 3.63) is 64.6 Å². The Kier molecular flexibility index (Phi) is 12.4. The van der Waals surface area contributed by atoms with E-state index >= 15 is 0 Å². The van der Waals surface area contributed by atoms with Gasteiger partial charge in [0.2, 0.25) is 0 Å². The SMILES string of the molecule is CN(C)CCCNC(=O)c1cc(NC(=O)c2cc(NC(=O)c3cc(NC(=O)c4nsc(NCCCCN)c4Cl)cn3C)cn2C)cn1C. The molecule has 0 aliphatic carbocycles. The zero-order valence-corrected chi connectivity index (χ0v) is 29.2. The van der Waals surface area contributed by atoms with Gasteiger partial charge < -0.3 is 50.9 Å². The number of aryl methyl sites for hydroxylation is 3. The van der Waals surface area contributed by atoms with Crippen LogP contribution in [0.2, 0.25) is 5.02 Å². The minimum Gasteiger partial charge on any atom is -0.374 e. The van der Waals surface area contributed by atoms with Gasteiger partial charge in [-0.25, -0.2) is 0 Å². The molecule has 0 spiro atoms. The topological polar surface area (TPSA) is 185 Å². The van der Waals surface area contributed by atoms with E-state index in [-0.39, 0.29) is 28.0 Å². The molecule has 0 aliphatic rings. The van der Waals surface area contributed by atoms with Gasteiger partial charge >= 0.3 is 0 Å². The van der Waals surface area contributed by atoms with E-state index in [9.17, 15) is 19.2 Å². The van der Waals surface area contributed by atoms with Crippen molar-refractivity contribution in [2.24, 2.45) is 26.9 Å². The first-order chi connectivity index (χ1) is 22.9. The highest BCUT2D eigenvalue weighted by Crippen LogP contribution is 2.31. The minimum atomic E-state index is -0.506. The Morgan fingerprint density at radius 1 is 0.771 bits per heavy atom. The predicted octanol–water partition coefficient (Wildman–Crippen LogP) is 3.40. The first kappa shape index (κ1) is 36.2. The molecule has 0 saturated heterocycles. The summed E-state index contributed by atoms with van der Waals surface area (Å²) in [5.41, 5.74) is 7.81. The van der Waals surface area contributed by atoms with Gasteiger partial charge in [0, 0.05) is 52.8 Å². The Balaban J connectivity index is 1.34. The number of halogens is 1. The molecule has 0 aliphatic heterocycles. The molecule has 0 bridgehead atoms. The molecule has 0 aromatic carbocycles. The predicted molar refractivity (Wildman–Crippen MR) is 190 cm³/mol. The Morgan fingerprint density at radius 2 is 1.27 bits per heavy atom. The highest BCUT2D eigenvalue weighted by Gasteiger charge is 2.22. The third kappa shape index (κ3) is 9.25. The van der Waals surface area contributed by atoms with E-state index in [1.807, 2.05) is 19.0 Å². The van der Waals surface area contributed by atoms with Crippen molar-refractivity contribution in [2.45, 2.75) is 19.3 Å². The Labute approximate surface area is 287 Å². The number of hydrogen-bond donors (Lipinski definition) is 6. The molecule has 48 heavy (non-hydrogen) atoms. The molecule has 4 rings (SSSR count). The van der Waals surface area contributed by atoms with Crippen LogP contribution in [-0.2, 0) is 21.1 Å². The van der Waals surface area contributed by atoms with Crippen LogP contribution in [0, 0.1) is 0 Å². The number of nitrogens with two attached hydrogens (primary N) is 1. The van der Waals surface area contributed by atoms with Crippen molar-refractivity contribution in [2.75, 3.05) is 61.5 Å². The zero-order valence-electron chi connectivity index (χ0n) is 27.6. The van der Waals surface area contributed by atoms with Crippen molar-refractivity contribution < 1.29 is 19.2 Å². The number of carbonyl (C=O) groups excluding carboxylic acids is 4. The number of unbranched alkanes of at least 4 members (excludes halogenated alkanes) is 1. The van der Waals surface area contributed by atoms with Gasteiger partial charge in [-0.3, -0.25) is 19.2 Å². The molecule has 0 fully saturated rings. The summed E-state index contributed by atoms with van der Waals surface area (Å²) in [6, 6.07) is 4.69. The number of aromatic nitrogens is 4. The van der Waals surface area contributed by atoms with Crippen LogP contribution in [0.15, 0.2) is 36.8 Å². The number of nitrogens with one attached hydrogen (secondary N) is 5. The monoisotopic (exact) mass is 699 g/mol. The summed E-state index contributed by atoms with van der Waals surface area (Å²) >= 11 is 7.49. The van der Waals surface area contributed by atoms with Crippen LogP contribution in [0.25, 0.3) is 0 Å². The van der Waals surface area contributed by atoms with E-state index in [1.54, 1.807) is 65.6 Å². The average Bonchev–Trinajstić information content (AvgIpc) is 3.79. The van der Waals surface area contributed by atoms with E-state index in [2.05, 4.69) is 31.0 Å². The molecule has 0 atom stereocenters. The highest BCUT2D eigenvalue weighted by molar-refractivity contribution is 7.11. The lowest BCUT2D eigenvalue weighted by Crippen LogP contribution is -2.28. The molecule has 0 saturated carbocycles. The fraction of sp³-hybridized carbons (Fsp3) is 0.387. The molecule has 7 N–H and O–H groups in total. The van der Waals surface area contributed by atoms with E-state index in [0.717, 1.165) is 37.3 Å². The van der Waals surface area contributed by atoms with Crippen molar-refractivity contribution in [3.8, 4) is 0 Å². The molecule has 4 aromatic heterocycles. The van der Waals surface area contributed by atoms with Crippen LogP contribution >= 0.6 is 23.1 Å². The second-order valence-corrected chi connectivity index (χ2v) is 12.7. The second-order valence-electron chi connectivity index (χ2n) is 11.5. The van der Waals surface area contributed by atoms with Gasteiger partial charge in [0.25, 0.3) is 23.6 Å². The summed E-state index contributed by atoms with van der Waals surface area (Å²) < 4.78 is 8.99. The maximum atomic E-state index is 13.2. The lowest BCUT2D eigenvalue weighted by molar-refractivity contribution is 0.0942. The molecule has 0 radical (unpaired) electrons. The van der Waals surface area contributed by atoms with Crippen molar-refractivity contribution in [3.63, 3.8) is 0 Å². The van der Waals surface area contributed by atoms with Gasteiger partial charge in [0.15, 0.2) is 5.69 Å². The smallest absolute Gasteiger partial charge is 0.277 e. The van der Waals surface area contributed by atoms with Crippen molar-refractivity contribution in [1.29, 1.82) is 0 Å². The maximum Gasteiger partial charge on any atom is 0.277 e. The summed E-state index contributed by atoms with van der Waals surface area (Å²) in [6.45, 7) is 2.66. The Hall–Kier alpha value is -4.64. The number of anilines is 4. The molecule has 4 amide bonds. The van der Waals surface area contributed by atoms with Crippen molar-refractivity contribution >= 4 is 68.8 Å². The van der Waals surface area contributed by atoms with Crippen LogP contribution in [-0.4, -0.2) is 86.9 Å². The summed E-state index contributed by atoms with van der Waals surface area (Å²) in [7, 11) is 9.04. The van der Waals surface area contributed by atoms with E-state index in [1.165, 1.54) is 6.07 Å². The van der Waals surface area contributed by atoms with Gasteiger partial charge in [-0.1, -0.05) is 11.6 Å². The summed E-state index contributed by atoms with van der Waals surface area (Å²) in [6.07, 6.45) is 7.43. The van der Waals surface area contributed by atoms with Gasteiger partial charge in [0.05, 0.1) is 17.1 Å². The molecule has 4 heterocycles.